The van der Waals surface area contributed by atoms with Gasteiger partial charge in [0.05, 0.1) is 36.1 Å². The predicted octanol–water partition coefficient (Wildman–Crippen LogP) is 3.53. The van der Waals surface area contributed by atoms with Crippen molar-refractivity contribution in [2.45, 2.75) is 183 Å². The molecule has 0 radical (unpaired) electrons. The van der Waals surface area contributed by atoms with E-state index in [1.807, 2.05) is 30.4 Å². The molecule has 420 valence electrons. The summed E-state index contributed by atoms with van der Waals surface area (Å²) in [5, 5.41) is 90.2. The number of hydrogen-bond acceptors (Lipinski definition) is 15. The van der Waals surface area contributed by atoms with Gasteiger partial charge >= 0.3 is 22.9 Å². The van der Waals surface area contributed by atoms with Crippen molar-refractivity contribution in [3.63, 3.8) is 0 Å². The van der Waals surface area contributed by atoms with Gasteiger partial charge in [0.15, 0.2) is 16.7 Å². The minimum Gasteiger partial charge on any atom is -0.479 e. The molecule has 15 atom stereocenters. The fourth-order valence-electron chi connectivity index (χ4n) is 11.7. The van der Waals surface area contributed by atoms with Gasteiger partial charge in [-0.05, 0) is 119 Å². The van der Waals surface area contributed by atoms with E-state index in [0.717, 1.165) is 44.9 Å². The van der Waals surface area contributed by atoms with Crippen LogP contribution in [0.5, 0.6) is 0 Å². The normalized spacial score (nSPS) is 36.9. The molecule has 74 heavy (non-hydrogen) atoms. The predicted molar refractivity (Wildman–Crippen MR) is 279 cm³/mol. The van der Waals surface area contributed by atoms with Crippen LogP contribution in [0.25, 0.3) is 0 Å². The summed E-state index contributed by atoms with van der Waals surface area (Å²) in [6.07, 6.45) is 15.3. The van der Waals surface area contributed by atoms with Crippen molar-refractivity contribution in [1.82, 2.24) is 16.0 Å². The number of alkyl halides is 1. The zero-order chi connectivity index (χ0) is 55.1. The lowest BCUT2D eigenvalue weighted by molar-refractivity contribution is -0.238. The van der Waals surface area contributed by atoms with E-state index in [1.165, 1.54) is 13.8 Å². The molecule has 7 aliphatic rings. The largest absolute Gasteiger partial charge is 0.479 e. The molecule has 7 rings (SSSR count). The van der Waals surface area contributed by atoms with Gasteiger partial charge in [-0.25, -0.2) is 14.4 Å². The Morgan fingerprint density at radius 1 is 0.703 bits per heavy atom. The van der Waals surface area contributed by atoms with Gasteiger partial charge in [0.2, 0.25) is 23.3 Å². The number of halogens is 4. The fraction of sp³-hybridized carbons (Fsp3) is 0.760. The van der Waals surface area contributed by atoms with Crippen LogP contribution in [-0.4, -0.2) is 158 Å². The van der Waals surface area contributed by atoms with Crippen molar-refractivity contribution in [1.29, 1.82) is 0 Å². The summed E-state index contributed by atoms with van der Waals surface area (Å²) in [6.45, 7) is 8.67. The molecular weight excluding hydrogens is 1050 g/mol. The minimum atomic E-state index is -2.18. The maximum Gasteiger partial charge on any atom is 0.450 e. The average molecular weight is 1130 g/mol. The standard InChI is InChI=1S/C19H31NO6.C15H20ClNO4.C15H23NO6.CH4.BCl3/c1-17(2,3)26-16(24)19(14(22)12-8-6-5-7-9-12)18(4,25)13(10-11-21)15(23)20-19;1-14-10(7-8-16)12(19)17-15(14,13(20)21-14)11(18)9-5-3-2-4-6-9;1-14(22)10(7-8-17)12(19)16-15(14,13(20)21)11(18)9-5-3-2-4-6-9;;2-1(3)4/h6,8,12-14,21-22,25H,5,7,9-11H2,1-4H3,(H,20,23);3,5,9-11,18H,2,4,6-8H2,1H3,(H,17,19);3,5,9-11,17-18,22H,2,4,6-8H2,1H3,(H,16,19)(H,20,21);1H4;/t12-,13+,14+,18+,19+;9-,10+,11+,14+,15?;9-,10+,11+,14+,15+;;/m111../s1. The van der Waals surface area contributed by atoms with Gasteiger partial charge in [-0.3, -0.25) is 14.4 Å². The van der Waals surface area contributed by atoms with Crippen molar-refractivity contribution in [3.8, 4) is 0 Å². The van der Waals surface area contributed by atoms with Crippen LogP contribution < -0.4 is 16.0 Å². The second-order valence-corrected chi connectivity index (χ2v) is 23.7. The van der Waals surface area contributed by atoms with Crippen molar-refractivity contribution < 1.29 is 79.1 Å². The van der Waals surface area contributed by atoms with Crippen molar-refractivity contribution >= 4 is 86.6 Å². The second-order valence-electron chi connectivity index (χ2n) is 21.3. The van der Waals surface area contributed by atoms with Gasteiger partial charge in [-0.1, -0.05) is 43.9 Å². The number of rotatable bonds is 14. The zero-order valence-corrected chi connectivity index (χ0v) is 45.2. The van der Waals surface area contributed by atoms with Crippen molar-refractivity contribution in [3.05, 3.63) is 36.5 Å². The molecule has 19 nitrogen and oxygen atoms in total. The summed E-state index contributed by atoms with van der Waals surface area (Å²) in [4.78, 5) is 73.3. The molecule has 4 heterocycles. The number of amides is 3. The number of allylic oxidation sites excluding steroid dienone is 3. The van der Waals surface area contributed by atoms with Crippen LogP contribution in [0, 0.1) is 35.5 Å². The lowest BCUT2D eigenvalue weighted by Gasteiger charge is -2.54. The number of aliphatic hydroxyl groups excluding tert-OH is 5. The molecule has 0 aromatic rings. The molecule has 24 heteroatoms. The molecule has 1 unspecified atom stereocenters. The van der Waals surface area contributed by atoms with E-state index in [9.17, 15) is 64.5 Å². The molecule has 0 aromatic heterocycles. The number of fused-ring (bicyclic) bond motifs is 1. The molecule has 4 aliphatic heterocycles. The third-order valence-corrected chi connectivity index (χ3v) is 15.9. The Hall–Kier alpha value is -3.02. The van der Waals surface area contributed by atoms with Crippen LogP contribution in [-0.2, 0) is 38.2 Å². The van der Waals surface area contributed by atoms with Crippen LogP contribution >= 0.6 is 46.0 Å². The SMILES string of the molecule is C.CC(C)(C)OC(=O)[C@]1([C@@H](O)[C@@H]2C=CCCC2)NC(=O)[C@H](CCO)[C@]1(C)O.C[C@@]12OC(=O)C1([C@@H](O)[C@@H]1C=CCCC1)NC(=O)[C@@H]2CCCl.C[C@]1(O)[C@@H](CCO)C(=O)N[C@]1(C(=O)O)[C@@H](O)[C@@H]1C=CCCC1.ClB(Cl)Cl. The van der Waals surface area contributed by atoms with E-state index < -0.39 is 122 Å². The topological polar surface area (TPSA) is 319 Å². The minimum absolute atomic E-state index is 0. The van der Waals surface area contributed by atoms with Crippen LogP contribution in [0.15, 0.2) is 36.5 Å². The van der Waals surface area contributed by atoms with E-state index in [2.05, 4.69) is 16.0 Å². The first-order valence-corrected chi connectivity index (χ1v) is 26.7. The Balaban J connectivity index is 0.000000282. The summed E-state index contributed by atoms with van der Waals surface area (Å²) >= 11 is 20.2. The highest BCUT2D eigenvalue weighted by Gasteiger charge is 2.79. The summed E-state index contributed by atoms with van der Waals surface area (Å²) < 4.78 is 10.8. The quantitative estimate of drug-likeness (QED) is 0.0513. The van der Waals surface area contributed by atoms with Crippen LogP contribution in [0.1, 0.15) is 126 Å². The number of carboxylic acid groups (broad SMARTS) is 1. The summed E-state index contributed by atoms with van der Waals surface area (Å²) in [6, 6.07) is 0. The number of carboxylic acids is 1. The van der Waals surface area contributed by atoms with E-state index in [1.54, 1.807) is 33.8 Å². The Morgan fingerprint density at radius 2 is 1.08 bits per heavy atom. The smallest absolute Gasteiger partial charge is 0.450 e. The molecule has 0 saturated carbocycles. The first-order valence-electron chi connectivity index (χ1n) is 24.8. The highest BCUT2D eigenvalue weighted by Crippen LogP contribution is 2.54. The number of aliphatic hydroxyl groups is 7. The van der Waals surface area contributed by atoms with Crippen LogP contribution in [0.4, 0.5) is 0 Å². The molecule has 0 bridgehead atoms. The molecule has 4 saturated heterocycles. The van der Waals surface area contributed by atoms with Crippen molar-refractivity contribution in [2.75, 3.05) is 19.1 Å². The molecule has 0 aromatic carbocycles. The number of hydrogen-bond donors (Lipinski definition) is 11. The number of aliphatic carboxylic acids is 1. The maximum atomic E-state index is 13.1. The molecule has 0 spiro atoms. The van der Waals surface area contributed by atoms with E-state index in [4.69, 9.17) is 60.6 Å². The van der Waals surface area contributed by atoms with Crippen LogP contribution in [0.3, 0.4) is 0 Å². The Bertz CT molecular complexity index is 2090. The zero-order valence-electron chi connectivity index (χ0n) is 42.2. The lowest BCUT2D eigenvalue weighted by atomic mass is 9.64. The number of nitrogens with one attached hydrogen (secondary N) is 3. The maximum absolute atomic E-state index is 13.1. The Morgan fingerprint density at radius 3 is 1.43 bits per heavy atom. The lowest BCUT2D eigenvalue weighted by Crippen LogP contribution is -2.80. The van der Waals surface area contributed by atoms with Crippen molar-refractivity contribution in [2.24, 2.45) is 35.5 Å². The molecule has 4 fully saturated rings. The summed E-state index contributed by atoms with van der Waals surface area (Å²) in [5.74, 6) is -7.68. The van der Waals surface area contributed by atoms with Gasteiger partial charge in [0.25, 0.3) is 0 Å². The van der Waals surface area contributed by atoms with Crippen LogP contribution in [0.2, 0.25) is 0 Å². The third kappa shape index (κ3) is 12.5. The molecular formula is C50H78BCl4N3O16. The fourth-order valence-corrected chi connectivity index (χ4v) is 11.9. The van der Waals surface area contributed by atoms with E-state index in [0.29, 0.717) is 25.1 Å². The van der Waals surface area contributed by atoms with E-state index in [-0.39, 0.29) is 45.3 Å². The van der Waals surface area contributed by atoms with Gasteiger partial charge in [-0.15, -0.1) is 11.6 Å². The second kappa shape index (κ2) is 26.1. The van der Waals surface area contributed by atoms with E-state index >= 15 is 0 Å². The third-order valence-electron chi connectivity index (χ3n) is 15.7. The highest BCUT2D eigenvalue weighted by atomic mass is 35.6. The van der Waals surface area contributed by atoms with Gasteiger partial charge < -0.3 is 66.3 Å². The number of esters is 2. The number of ether oxygens (including phenoxy) is 2. The van der Waals surface area contributed by atoms with Gasteiger partial charge in [0, 0.05) is 36.8 Å². The number of carbonyl (C=O) groups is 6. The highest BCUT2D eigenvalue weighted by molar-refractivity contribution is 7.54. The molecule has 3 amide bonds. The van der Waals surface area contributed by atoms with Gasteiger partial charge in [-0.2, -0.15) is 34.4 Å². The monoisotopic (exact) mass is 1130 g/mol. The first kappa shape index (κ1) is 65.3. The average Bonchev–Trinajstić information content (AvgIpc) is 3.74. The number of carbonyl (C=O) groups excluding carboxylic acids is 5. The molecule has 3 aliphatic carbocycles. The summed E-state index contributed by atoms with van der Waals surface area (Å²) in [5.41, 5.74) is -11.3. The summed E-state index contributed by atoms with van der Waals surface area (Å²) in [7, 11) is 0. The van der Waals surface area contributed by atoms with Gasteiger partial charge in [0.1, 0.15) is 16.8 Å². The Labute approximate surface area is 454 Å². The molecule has 11 N–H and O–H groups in total. The Kier molecular flexibility index (Phi) is 23.0. The first-order chi connectivity index (χ1) is 34.0.